The van der Waals surface area contributed by atoms with Crippen molar-refractivity contribution in [2.24, 2.45) is 4.99 Å². The summed E-state index contributed by atoms with van der Waals surface area (Å²) in [6.45, 7) is 0.150. The van der Waals surface area contributed by atoms with Crippen LogP contribution in [-0.4, -0.2) is 48.7 Å². The first-order valence-electron chi connectivity index (χ1n) is 6.58. The highest BCUT2D eigenvalue weighted by molar-refractivity contribution is 5.79. The topological polar surface area (TPSA) is 86.1 Å². The lowest BCUT2D eigenvalue weighted by Gasteiger charge is -2.07. The lowest BCUT2D eigenvalue weighted by atomic mass is 10.3. The molecule has 1 heterocycles. The van der Waals surface area contributed by atoms with Crippen molar-refractivity contribution in [3.8, 4) is 17.4 Å². The van der Waals surface area contributed by atoms with Gasteiger partial charge in [0.05, 0.1) is 50.8 Å². The van der Waals surface area contributed by atoms with Crippen LogP contribution in [-0.2, 0) is 0 Å². The van der Waals surface area contributed by atoms with E-state index in [1.807, 2.05) is 0 Å². The predicted octanol–water partition coefficient (Wildman–Crippen LogP) is 1.62. The van der Waals surface area contributed by atoms with Crippen molar-refractivity contribution in [3.05, 3.63) is 36.3 Å². The van der Waals surface area contributed by atoms with Gasteiger partial charge in [0.1, 0.15) is 18.1 Å². The molecular formula is C15H17N3O4. The van der Waals surface area contributed by atoms with Crippen molar-refractivity contribution in [1.82, 2.24) is 9.97 Å². The van der Waals surface area contributed by atoms with E-state index in [4.69, 9.17) is 19.3 Å². The van der Waals surface area contributed by atoms with Crippen LogP contribution >= 0.6 is 0 Å². The first-order chi connectivity index (χ1) is 10.7. The molecule has 0 radical (unpaired) electrons. The van der Waals surface area contributed by atoms with Crippen molar-refractivity contribution in [1.29, 1.82) is 0 Å². The van der Waals surface area contributed by atoms with Gasteiger partial charge in [-0.3, -0.25) is 4.99 Å². The molecule has 7 heteroatoms. The number of nitrogens with zero attached hydrogens (tertiary/aromatic N) is 3. The summed E-state index contributed by atoms with van der Waals surface area (Å²) in [6.07, 6.45) is 4.66. The summed E-state index contributed by atoms with van der Waals surface area (Å²) in [4.78, 5) is 12.5. The minimum absolute atomic E-state index is 0.0583. The van der Waals surface area contributed by atoms with E-state index in [0.717, 1.165) is 0 Å². The van der Waals surface area contributed by atoms with E-state index >= 15 is 0 Å². The number of rotatable bonds is 7. The number of aliphatic hydroxyl groups is 1. The third-order valence-corrected chi connectivity index (χ3v) is 2.66. The van der Waals surface area contributed by atoms with Gasteiger partial charge in [0.25, 0.3) is 0 Å². The van der Waals surface area contributed by atoms with Gasteiger partial charge in [-0.2, -0.15) is 0 Å². The van der Waals surface area contributed by atoms with Crippen LogP contribution in [0.1, 0.15) is 5.69 Å². The van der Waals surface area contributed by atoms with Gasteiger partial charge in [-0.15, -0.1) is 0 Å². The van der Waals surface area contributed by atoms with E-state index < -0.39 is 0 Å². The fourth-order valence-electron chi connectivity index (χ4n) is 1.63. The molecule has 0 fully saturated rings. The number of aromatic nitrogens is 2. The summed E-state index contributed by atoms with van der Waals surface area (Å²) in [5, 5.41) is 8.81. The summed E-state index contributed by atoms with van der Waals surface area (Å²) in [5.74, 6) is 1.63. The molecule has 2 rings (SSSR count). The van der Waals surface area contributed by atoms with Crippen molar-refractivity contribution in [2.75, 3.05) is 27.4 Å². The zero-order chi connectivity index (χ0) is 15.8. The maximum atomic E-state index is 8.81. The normalized spacial score (nSPS) is 10.7. The molecule has 0 bridgehead atoms. The molecular weight excluding hydrogens is 286 g/mol. The average molecular weight is 303 g/mol. The molecule has 1 aromatic carbocycles. The van der Waals surface area contributed by atoms with Gasteiger partial charge in [-0.1, -0.05) is 0 Å². The summed E-state index contributed by atoms with van der Waals surface area (Å²) in [6, 6.07) is 5.23. The molecule has 0 aliphatic heterocycles. The highest BCUT2D eigenvalue weighted by Gasteiger charge is 2.02. The largest absolute Gasteiger partial charge is 0.497 e. The van der Waals surface area contributed by atoms with Gasteiger partial charge in [0, 0.05) is 18.2 Å². The Kier molecular flexibility index (Phi) is 5.67. The Morgan fingerprint density at radius 2 is 1.91 bits per heavy atom. The van der Waals surface area contributed by atoms with Crippen LogP contribution in [0.4, 0.5) is 5.69 Å². The van der Waals surface area contributed by atoms with Crippen LogP contribution in [0.2, 0.25) is 0 Å². The number of ether oxygens (including phenoxy) is 3. The number of hydrogen-bond donors (Lipinski definition) is 1. The Hall–Kier alpha value is -2.67. The van der Waals surface area contributed by atoms with Crippen LogP contribution in [0, 0.1) is 0 Å². The predicted molar refractivity (Wildman–Crippen MR) is 81.4 cm³/mol. The average Bonchev–Trinajstić information content (AvgIpc) is 2.58. The maximum absolute atomic E-state index is 8.81. The minimum Gasteiger partial charge on any atom is -0.497 e. The maximum Gasteiger partial charge on any atom is 0.232 e. The van der Waals surface area contributed by atoms with Gasteiger partial charge in [-0.05, 0) is 0 Å². The van der Waals surface area contributed by atoms with Crippen molar-refractivity contribution < 1.29 is 19.3 Å². The van der Waals surface area contributed by atoms with Crippen LogP contribution in [0.25, 0.3) is 0 Å². The fourth-order valence-corrected chi connectivity index (χ4v) is 1.63. The Morgan fingerprint density at radius 3 is 2.55 bits per heavy atom. The molecule has 1 N–H and O–H groups in total. The number of aliphatic hydroxyl groups excluding tert-OH is 1. The molecule has 2 aromatic rings. The molecule has 0 atom stereocenters. The van der Waals surface area contributed by atoms with Gasteiger partial charge in [0.15, 0.2) is 0 Å². The number of benzene rings is 1. The number of aliphatic imine (C=N–C) groups is 1. The van der Waals surface area contributed by atoms with E-state index in [-0.39, 0.29) is 13.2 Å². The van der Waals surface area contributed by atoms with E-state index in [1.165, 1.54) is 13.3 Å². The van der Waals surface area contributed by atoms with Crippen LogP contribution in [0.15, 0.2) is 35.6 Å². The van der Waals surface area contributed by atoms with Gasteiger partial charge >= 0.3 is 0 Å². The summed E-state index contributed by atoms with van der Waals surface area (Å²) < 4.78 is 15.5. The second kappa shape index (κ2) is 7.94. The molecule has 7 nitrogen and oxygen atoms in total. The van der Waals surface area contributed by atoms with E-state index in [2.05, 4.69) is 15.0 Å². The summed E-state index contributed by atoms with van der Waals surface area (Å²) >= 11 is 0. The Morgan fingerprint density at radius 1 is 1.09 bits per heavy atom. The molecule has 116 valence electrons. The van der Waals surface area contributed by atoms with Gasteiger partial charge in [-0.25, -0.2) is 9.97 Å². The molecule has 0 aliphatic carbocycles. The fraction of sp³-hybridized carbons (Fsp3) is 0.267. The van der Waals surface area contributed by atoms with Crippen molar-refractivity contribution >= 4 is 11.9 Å². The highest BCUT2D eigenvalue weighted by atomic mass is 16.5. The van der Waals surface area contributed by atoms with Gasteiger partial charge in [0.2, 0.25) is 5.88 Å². The molecule has 0 amide bonds. The summed E-state index contributed by atoms with van der Waals surface area (Å²) in [5.41, 5.74) is 1.24. The zero-order valence-corrected chi connectivity index (χ0v) is 12.4. The Labute approximate surface area is 128 Å². The minimum atomic E-state index is -0.0583. The van der Waals surface area contributed by atoms with Crippen LogP contribution in [0.5, 0.6) is 17.4 Å². The van der Waals surface area contributed by atoms with E-state index in [0.29, 0.717) is 28.8 Å². The Balaban J connectivity index is 2.17. The first-order valence-corrected chi connectivity index (χ1v) is 6.58. The standard InChI is InChI=1S/C15H17N3O4/c1-20-13-5-11(6-14(7-13)22-4-3-19)16-8-12-9-18-15(21-2)10-17-12/h5-10,19H,3-4H2,1-2H3. The number of methoxy groups -OCH3 is 2. The molecule has 0 saturated carbocycles. The molecule has 1 aromatic heterocycles. The second-order valence-electron chi connectivity index (χ2n) is 4.18. The van der Waals surface area contributed by atoms with E-state index in [1.54, 1.807) is 37.7 Å². The quantitative estimate of drug-likeness (QED) is 0.782. The molecule has 22 heavy (non-hydrogen) atoms. The van der Waals surface area contributed by atoms with Gasteiger partial charge < -0.3 is 19.3 Å². The lowest BCUT2D eigenvalue weighted by Crippen LogP contribution is -2.01. The van der Waals surface area contributed by atoms with Crippen molar-refractivity contribution in [3.63, 3.8) is 0 Å². The molecule has 0 aliphatic rings. The van der Waals surface area contributed by atoms with E-state index in [9.17, 15) is 0 Å². The van der Waals surface area contributed by atoms with Crippen LogP contribution < -0.4 is 14.2 Å². The Bertz CT molecular complexity index is 629. The monoisotopic (exact) mass is 303 g/mol. The molecule has 0 saturated heterocycles. The zero-order valence-electron chi connectivity index (χ0n) is 12.4. The smallest absolute Gasteiger partial charge is 0.232 e. The lowest BCUT2D eigenvalue weighted by molar-refractivity contribution is 0.201. The second-order valence-corrected chi connectivity index (χ2v) is 4.18. The van der Waals surface area contributed by atoms with Crippen molar-refractivity contribution in [2.45, 2.75) is 0 Å². The third kappa shape index (κ3) is 4.42. The third-order valence-electron chi connectivity index (χ3n) is 2.66. The first kappa shape index (κ1) is 15.7. The SMILES string of the molecule is COc1cc(N=Cc2cnc(OC)cn2)cc(OCCO)c1. The highest BCUT2D eigenvalue weighted by Crippen LogP contribution is 2.27. The molecule has 0 unspecified atom stereocenters. The van der Waals surface area contributed by atoms with Crippen LogP contribution in [0.3, 0.4) is 0 Å². The summed E-state index contributed by atoms with van der Waals surface area (Å²) in [7, 11) is 3.09. The number of hydrogen-bond acceptors (Lipinski definition) is 7. The molecule has 0 spiro atoms.